The molecule has 148 valence electrons. The number of thiophene rings is 2. The molecule has 0 bridgehead atoms. The van der Waals surface area contributed by atoms with E-state index in [-0.39, 0.29) is 0 Å². The summed E-state index contributed by atoms with van der Waals surface area (Å²) in [6.45, 7) is 0. The van der Waals surface area contributed by atoms with Crippen molar-refractivity contribution in [1.82, 2.24) is 0 Å². The standard InChI is InChI=1S/C30H16S2/c1-3-9-19-17(7-1)13-15-23-25(19)27-21-11-5-6-12-22(21)28-26-20-10-4-2-8-18(20)14-16-24(26)32-30(28)29(27)31-23/h1-16H. The van der Waals surface area contributed by atoms with Crippen LogP contribution in [0.25, 0.3) is 72.7 Å². The van der Waals surface area contributed by atoms with Gasteiger partial charge in [-0.05, 0) is 44.5 Å². The fourth-order valence-corrected chi connectivity index (χ4v) is 8.10. The van der Waals surface area contributed by atoms with E-state index in [1.165, 1.54) is 72.7 Å². The van der Waals surface area contributed by atoms with Gasteiger partial charge in [0.15, 0.2) is 0 Å². The Morgan fingerprint density at radius 3 is 1.22 bits per heavy atom. The summed E-state index contributed by atoms with van der Waals surface area (Å²) in [5.41, 5.74) is 0. The van der Waals surface area contributed by atoms with E-state index < -0.39 is 0 Å². The molecule has 32 heavy (non-hydrogen) atoms. The van der Waals surface area contributed by atoms with Crippen molar-refractivity contribution in [3.63, 3.8) is 0 Å². The molecule has 0 saturated carbocycles. The lowest BCUT2D eigenvalue weighted by Gasteiger charge is -2.07. The van der Waals surface area contributed by atoms with Gasteiger partial charge in [-0.3, -0.25) is 0 Å². The topological polar surface area (TPSA) is 0 Å². The minimum Gasteiger partial charge on any atom is -0.134 e. The van der Waals surface area contributed by atoms with Crippen LogP contribution in [0.4, 0.5) is 0 Å². The molecular weight excluding hydrogens is 424 g/mol. The fraction of sp³-hybridized carbons (Fsp3) is 0. The van der Waals surface area contributed by atoms with Gasteiger partial charge in [-0.15, -0.1) is 22.7 Å². The Bertz CT molecular complexity index is 1890. The lowest BCUT2D eigenvalue weighted by molar-refractivity contribution is 1.81. The summed E-state index contributed by atoms with van der Waals surface area (Å²) in [6.07, 6.45) is 0. The summed E-state index contributed by atoms with van der Waals surface area (Å²) in [4.78, 5) is 0. The van der Waals surface area contributed by atoms with Crippen LogP contribution in [0.1, 0.15) is 0 Å². The van der Waals surface area contributed by atoms with Crippen molar-refractivity contribution in [2.24, 2.45) is 0 Å². The van der Waals surface area contributed by atoms with Gasteiger partial charge in [-0.25, -0.2) is 0 Å². The lowest BCUT2D eigenvalue weighted by atomic mass is 9.95. The Kier molecular flexibility index (Phi) is 3.25. The third kappa shape index (κ3) is 2.07. The summed E-state index contributed by atoms with van der Waals surface area (Å²) in [6, 6.07) is 35.8. The molecule has 0 saturated heterocycles. The summed E-state index contributed by atoms with van der Waals surface area (Å²) < 4.78 is 5.60. The molecule has 2 heteroatoms. The normalized spacial score (nSPS) is 12.4. The molecule has 0 amide bonds. The first-order valence-corrected chi connectivity index (χ1v) is 12.5. The van der Waals surface area contributed by atoms with E-state index in [0.29, 0.717) is 0 Å². The second-order valence-electron chi connectivity index (χ2n) is 8.48. The molecule has 0 radical (unpaired) electrons. The third-order valence-electron chi connectivity index (χ3n) is 6.83. The third-order valence-corrected chi connectivity index (χ3v) is 9.31. The molecule has 8 aromatic rings. The number of benzene rings is 6. The molecule has 0 aliphatic rings. The maximum Gasteiger partial charge on any atom is 0.0540 e. The zero-order valence-corrected chi connectivity index (χ0v) is 18.7. The highest BCUT2D eigenvalue weighted by Crippen LogP contribution is 2.51. The van der Waals surface area contributed by atoms with Crippen molar-refractivity contribution in [1.29, 1.82) is 0 Å². The van der Waals surface area contributed by atoms with E-state index in [9.17, 15) is 0 Å². The largest absolute Gasteiger partial charge is 0.134 e. The van der Waals surface area contributed by atoms with Crippen LogP contribution in [0, 0.1) is 0 Å². The minimum absolute atomic E-state index is 1.31. The first-order chi connectivity index (χ1) is 15.9. The molecule has 0 unspecified atom stereocenters. The van der Waals surface area contributed by atoms with Crippen LogP contribution in [0.5, 0.6) is 0 Å². The van der Waals surface area contributed by atoms with Gasteiger partial charge in [0.05, 0.1) is 9.40 Å². The molecule has 0 N–H and O–H groups in total. The Morgan fingerprint density at radius 2 is 0.750 bits per heavy atom. The van der Waals surface area contributed by atoms with E-state index in [4.69, 9.17) is 0 Å². The van der Waals surface area contributed by atoms with Crippen molar-refractivity contribution in [2.45, 2.75) is 0 Å². The van der Waals surface area contributed by atoms with Gasteiger partial charge < -0.3 is 0 Å². The highest BCUT2D eigenvalue weighted by molar-refractivity contribution is 7.34. The van der Waals surface area contributed by atoms with Gasteiger partial charge >= 0.3 is 0 Å². The van der Waals surface area contributed by atoms with Gasteiger partial charge in [0.25, 0.3) is 0 Å². The van der Waals surface area contributed by atoms with Crippen LogP contribution in [0.2, 0.25) is 0 Å². The van der Waals surface area contributed by atoms with Crippen molar-refractivity contribution in [3.8, 4) is 0 Å². The van der Waals surface area contributed by atoms with Crippen LogP contribution in [0.15, 0.2) is 97.1 Å². The zero-order valence-electron chi connectivity index (χ0n) is 17.1. The summed E-state index contributed by atoms with van der Waals surface area (Å²) in [5.74, 6) is 0. The average Bonchev–Trinajstić information content (AvgIpc) is 3.44. The zero-order chi connectivity index (χ0) is 20.8. The van der Waals surface area contributed by atoms with E-state index in [0.717, 1.165) is 0 Å². The second kappa shape index (κ2) is 6.07. The van der Waals surface area contributed by atoms with Crippen molar-refractivity contribution in [3.05, 3.63) is 97.1 Å². The van der Waals surface area contributed by atoms with Crippen LogP contribution >= 0.6 is 22.7 Å². The Hall–Kier alpha value is -3.46. The predicted octanol–water partition coefficient (Wildman–Crippen LogP) is 9.88. The average molecular weight is 441 g/mol. The molecule has 2 aromatic heterocycles. The minimum atomic E-state index is 1.31. The van der Waals surface area contributed by atoms with Crippen LogP contribution in [0.3, 0.4) is 0 Å². The SMILES string of the molecule is c1ccc2c(c1)ccc1sc3c4sc5ccc6ccccc6c5c4c4ccccc4c3c12. The number of hydrogen-bond acceptors (Lipinski definition) is 2. The molecule has 0 aliphatic carbocycles. The van der Waals surface area contributed by atoms with Crippen molar-refractivity contribution >= 4 is 95.3 Å². The number of fused-ring (bicyclic) bond motifs is 14. The Morgan fingerprint density at radius 1 is 0.344 bits per heavy atom. The highest BCUT2D eigenvalue weighted by Gasteiger charge is 2.20. The van der Waals surface area contributed by atoms with Crippen LogP contribution in [-0.2, 0) is 0 Å². The first-order valence-electron chi connectivity index (χ1n) is 10.9. The fourth-order valence-electron chi connectivity index (χ4n) is 5.49. The van der Waals surface area contributed by atoms with Crippen LogP contribution < -0.4 is 0 Å². The molecule has 2 heterocycles. The molecule has 0 atom stereocenters. The highest BCUT2D eigenvalue weighted by atomic mass is 32.1. The monoisotopic (exact) mass is 440 g/mol. The Balaban J connectivity index is 1.75. The molecule has 0 aliphatic heterocycles. The van der Waals surface area contributed by atoms with Crippen molar-refractivity contribution in [2.75, 3.05) is 0 Å². The summed E-state index contributed by atoms with van der Waals surface area (Å²) in [7, 11) is 0. The maximum absolute atomic E-state index is 2.32. The van der Waals surface area contributed by atoms with Gasteiger partial charge in [0.2, 0.25) is 0 Å². The molecule has 0 spiro atoms. The van der Waals surface area contributed by atoms with Crippen molar-refractivity contribution < 1.29 is 0 Å². The second-order valence-corrected chi connectivity index (χ2v) is 10.6. The quantitative estimate of drug-likeness (QED) is 0.220. The smallest absolute Gasteiger partial charge is 0.0540 e. The predicted molar refractivity (Wildman–Crippen MR) is 145 cm³/mol. The number of rotatable bonds is 0. The van der Waals surface area contributed by atoms with E-state index >= 15 is 0 Å². The van der Waals surface area contributed by atoms with E-state index in [1.807, 2.05) is 22.7 Å². The Labute approximate surface area is 191 Å². The molecule has 0 nitrogen and oxygen atoms in total. The maximum atomic E-state index is 2.32. The first kappa shape index (κ1) is 17.1. The van der Waals surface area contributed by atoms with E-state index in [2.05, 4.69) is 97.1 Å². The van der Waals surface area contributed by atoms with Gasteiger partial charge in [0.1, 0.15) is 0 Å². The van der Waals surface area contributed by atoms with Gasteiger partial charge in [0, 0.05) is 30.9 Å². The summed E-state index contributed by atoms with van der Waals surface area (Å²) >= 11 is 3.90. The molecule has 6 aromatic carbocycles. The van der Waals surface area contributed by atoms with E-state index in [1.54, 1.807) is 0 Å². The molecule has 0 fully saturated rings. The van der Waals surface area contributed by atoms with Gasteiger partial charge in [-0.1, -0.05) is 84.9 Å². The molecular formula is C30H16S2. The molecule has 8 rings (SSSR count). The lowest BCUT2D eigenvalue weighted by Crippen LogP contribution is -1.79. The van der Waals surface area contributed by atoms with Gasteiger partial charge in [-0.2, -0.15) is 0 Å². The number of hydrogen-bond donors (Lipinski definition) is 0. The van der Waals surface area contributed by atoms with Crippen LogP contribution in [-0.4, -0.2) is 0 Å². The summed E-state index contributed by atoms with van der Waals surface area (Å²) in [5, 5.41) is 13.7.